The number of terminal acetylenes is 1. The average molecular weight is 765 g/mol. The summed E-state index contributed by atoms with van der Waals surface area (Å²) in [4.78, 5) is 66.0. The van der Waals surface area contributed by atoms with E-state index in [1.54, 1.807) is 32.0 Å². The number of aryl methyl sites for hydroxylation is 2. The van der Waals surface area contributed by atoms with Crippen molar-refractivity contribution in [2.24, 2.45) is 9.98 Å². The molecule has 54 heavy (non-hydrogen) atoms. The van der Waals surface area contributed by atoms with Crippen LogP contribution in [0.2, 0.25) is 0 Å². The lowest BCUT2D eigenvalue weighted by Crippen LogP contribution is -2.40. The van der Waals surface area contributed by atoms with Crippen LogP contribution in [0.3, 0.4) is 0 Å². The maximum Gasteiger partial charge on any atom is 0.342 e. The highest BCUT2D eigenvalue weighted by Gasteiger charge is 2.37. The zero-order chi connectivity index (χ0) is 38.4. The van der Waals surface area contributed by atoms with Crippen LogP contribution in [-0.2, 0) is 38.4 Å². The first-order chi connectivity index (χ1) is 26.1. The molecule has 0 spiro atoms. The van der Waals surface area contributed by atoms with Gasteiger partial charge >= 0.3 is 5.97 Å². The molecule has 2 aromatic heterocycles. The third-order valence-corrected chi connectivity index (χ3v) is 10.7. The number of carbonyl (C=O) groups is 3. The smallest absolute Gasteiger partial charge is 0.342 e. The van der Waals surface area contributed by atoms with E-state index in [-0.39, 0.29) is 26.1 Å². The second-order valence-electron chi connectivity index (χ2n) is 12.1. The monoisotopic (exact) mass is 764 g/mol. The molecule has 0 fully saturated rings. The normalized spacial score (nSPS) is 16.6. The molecule has 14 heteroatoms. The van der Waals surface area contributed by atoms with Gasteiger partial charge in [-0.3, -0.25) is 19.6 Å². The third-order valence-electron chi connectivity index (χ3n) is 8.61. The largest absolute Gasteiger partial charge is 0.436 e. The number of nitrogens with zero attached hydrogens (tertiary/aromatic N) is 4. The molecule has 0 saturated carbocycles. The Morgan fingerprint density at radius 1 is 0.796 bits per heavy atom. The highest BCUT2D eigenvalue weighted by molar-refractivity contribution is 7.16. The predicted octanol–water partition coefficient (Wildman–Crippen LogP) is 5.24. The number of amides is 2. The maximum atomic E-state index is 13.5. The summed E-state index contributed by atoms with van der Waals surface area (Å²) in [5.74, 6) is 6.88. The van der Waals surface area contributed by atoms with Gasteiger partial charge in [-0.05, 0) is 44.0 Å². The Kier molecular flexibility index (Phi) is 12.1. The van der Waals surface area contributed by atoms with Crippen molar-refractivity contribution in [3.8, 4) is 24.2 Å². The second kappa shape index (κ2) is 17.1. The molecule has 6 rings (SSSR count). The Morgan fingerprint density at radius 2 is 1.37 bits per heavy atom. The van der Waals surface area contributed by atoms with Gasteiger partial charge in [-0.2, -0.15) is 0 Å². The third kappa shape index (κ3) is 8.05. The summed E-state index contributed by atoms with van der Waals surface area (Å²) in [6, 6.07) is 16.6. The summed E-state index contributed by atoms with van der Waals surface area (Å²) in [5.41, 5.74) is 6.00. The van der Waals surface area contributed by atoms with E-state index in [9.17, 15) is 14.4 Å². The minimum absolute atomic E-state index is 0.178. The van der Waals surface area contributed by atoms with E-state index >= 15 is 0 Å². The van der Waals surface area contributed by atoms with Crippen LogP contribution in [0.4, 0.5) is 11.4 Å². The van der Waals surface area contributed by atoms with E-state index in [4.69, 9.17) is 35.4 Å². The van der Waals surface area contributed by atoms with Crippen LogP contribution >= 0.6 is 22.7 Å². The Labute approximate surface area is 320 Å². The quantitative estimate of drug-likeness (QED) is 0.0365. The fraction of sp³-hybridized carbons (Fsp3) is 0.275. The predicted molar refractivity (Wildman–Crippen MR) is 207 cm³/mol. The fourth-order valence-electron chi connectivity index (χ4n) is 5.82. The average Bonchev–Trinajstić information content (AvgIpc) is 3.76. The number of carbonyl (C=O) groups excluding carboxylic acids is 3. The summed E-state index contributed by atoms with van der Waals surface area (Å²) in [5, 5.41) is 0. The van der Waals surface area contributed by atoms with Crippen molar-refractivity contribution in [3.05, 3.63) is 102 Å². The molecule has 0 aliphatic carbocycles. The summed E-state index contributed by atoms with van der Waals surface area (Å²) in [6.07, 6.45) is 5.66. The number of ether oxygens (including phenoxy) is 3. The van der Waals surface area contributed by atoms with Crippen molar-refractivity contribution in [3.63, 3.8) is 0 Å². The van der Waals surface area contributed by atoms with Gasteiger partial charge in [-0.25, -0.2) is 14.6 Å². The minimum atomic E-state index is -1.47. The van der Waals surface area contributed by atoms with Crippen molar-refractivity contribution >= 4 is 63.3 Å². The Hall–Kier alpha value is -5.45. The molecule has 12 nitrogen and oxygen atoms in total. The van der Waals surface area contributed by atoms with Crippen molar-refractivity contribution in [1.82, 2.24) is 0 Å². The second-order valence-corrected chi connectivity index (χ2v) is 14.2. The number of hydrogen-bond donors (Lipinski definition) is 0. The van der Waals surface area contributed by atoms with Gasteiger partial charge in [0.15, 0.2) is 26.4 Å². The number of hydrogen-bond acceptors (Lipinski definition) is 12. The van der Waals surface area contributed by atoms with Gasteiger partial charge in [0.2, 0.25) is 6.04 Å². The van der Waals surface area contributed by atoms with Gasteiger partial charge in [0, 0.05) is 25.2 Å². The lowest BCUT2D eigenvalue weighted by molar-refractivity contribution is -0.346. The molecule has 2 aliphatic heterocycles. The Bertz CT molecular complexity index is 2260. The van der Waals surface area contributed by atoms with E-state index in [0.717, 1.165) is 37.7 Å². The molecule has 0 saturated heterocycles. The first-order valence-electron chi connectivity index (χ1n) is 16.7. The highest BCUT2D eigenvalue weighted by Crippen LogP contribution is 2.37. The lowest BCUT2D eigenvalue weighted by Gasteiger charge is -2.18. The van der Waals surface area contributed by atoms with Crippen LogP contribution < -0.4 is 9.80 Å². The molecular weight excluding hydrogens is 729 g/mol. The molecule has 2 aromatic carbocycles. The van der Waals surface area contributed by atoms with Crippen molar-refractivity contribution in [2.45, 2.75) is 32.9 Å². The summed E-state index contributed by atoms with van der Waals surface area (Å²) in [6.45, 7) is 4.30. The number of aliphatic imine (C=N–C) groups is 2. The molecule has 4 aromatic rings. The van der Waals surface area contributed by atoms with Gasteiger partial charge in [0.1, 0.15) is 6.61 Å². The van der Waals surface area contributed by atoms with Crippen LogP contribution in [0.5, 0.6) is 0 Å². The van der Waals surface area contributed by atoms with E-state index < -0.39 is 30.8 Å². The van der Waals surface area contributed by atoms with Crippen LogP contribution in [-0.4, -0.2) is 82.4 Å². The number of likely N-dealkylation sites (N-methyl/N-ethyl adjacent to an activating group) is 2. The number of rotatable bonds is 12. The molecule has 2 amide bonds. The van der Waals surface area contributed by atoms with E-state index in [0.29, 0.717) is 26.9 Å². The molecule has 2 atom stereocenters. The zero-order valence-electron chi connectivity index (χ0n) is 30.2. The van der Waals surface area contributed by atoms with Crippen LogP contribution in [0.1, 0.15) is 48.7 Å². The molecule has 0 radical (unpaired) electrons. The van der Waals surface area contributed by atoms with Crippen molar-refractivity contribution in [2.75, 3.05) is 50.9 Å². The van der Waals surface area contributed by atoms with Gasteiger partial charge in [0.25, 0.3) is 11.8 Å². The van der Waals surface area contributed by atoms with Crippen LogP contribution in [0.25, 0.3) is 0 Å². The maximum absolute atomic E-state index is 13.5. The Morgan fingerprint density at radius 3 is 2.00 bits per heavy atom. The number of esters is 1. The van der Waals surface area contributed by atoms with Gasteiger partial charge in [0.05, 0.1) is 42.3 Å². The standard InChI is InChI=1S/C40H36N4O8S2/c1-7-13-27-19-32-36(54-27)33(28-16-11-9-14-24(28)3)41-30(38(45)43(32)5)20-51-52-23-49-21-48-22-50-40(47)35-39(46)44(6)31-18-26(8-2)53-37(31)34(42-35)29-17-12-10-15-25(29)4/h2,9-12,14-19,30,35H,20-23H2,1,3-6H3. The molecule has 2 aliphatic rings. The molecule has 0 N–H and O–H groups in total. The summed E-state index contributed by atoms with van der Waals surface area (Å²) in [7, 11) is 3.26. The zero-order valence-corrected chi connectivity index (χ0v) is 31.8. The molecule has 276 valence electrons. The van der Waals surface area contributed by atoms with Crippen LogP contribution in [0, 0.1) is 38.0 Å². The van der Waals surface area contributed by atoms with E-state index in [2.05, 4.69) is 22.8 Å². The lowest BCUT2D eigenvalue weighted by atomic mass is 10.0. The SMILES string of the molecule is C#Cc1cc2c(s1)C(c1ccccc1C)=NC(C(=O)OCOCOCOOCC1N=C(c3ccccc3C)c3sc(C#CC)cc3N(C)C1=O)C(=O)N2C. The Balaban J connectivity index is 1.02. The minimum Gasteiger partial charge on any atom is -0.436 e. The van der Waals surface area contributed by atoms with Crippen molar-refractivity contribution in [1.29, 1.82) is 0 Å². The first kappa shape index (κ1) is 38.3. The molecular formula is C40H36N4O8S2. The summed E-state index contributed by atoms with van der Waals surface area (Å²) < 4.78 is 15.8. The van der Waals surface area contributed by atoms with Crippen molar-refractivity contribution < 1.29 is 38.4 Å². The van der Waals surface area contributed by atoms with Crippen LogP contribution in [0.15, 0.2) is 70.6 Å². The number of benzene rings is 2. The van der Waals surface area contributed by atoms with E-state index in [1.807, 2.05) is 68.4 Å². The number of anilines is 2. The fourth-order valence-corrected chi connectivity index (χ4v) is 7.94. The number of thiophene rings is 2. The molecule has 4 heterocycles. The molecule has 0 bridgehead atoms. The first-order valence-corrected chi connectivity index (χ1v) is 18.3. The van der Waals surface area contributed by atoms with Gasteiger partial charge < -0.3 is 24.0 Å². The van der Waals surface area contributed by atoms with Gasteiger partial charge in [-0.15, -0.1) is 35.0 Å². The van der Waals surface area contributed by atoms with Gasteiger partial charge in [-0.1, -0.05) is 60.4 Å². The summed E-state index contributed by atoms with van der Waals surface area (Å²) >= 11 is 2.79. The topological polar surface area (TPSA) is 129 Å². The highest BCUT2D eigenvalue weighted by atomic mass is 32.1. The number of fused-ring (bicyclic) bond motifs is 2. The van der Waals surface area contributed by atoms with E-state index in [1.165, 1.54) is 27.6 Å². The molecule has 2 unspecified atom stereocenters.